The van der Waals surface area contributed by atoms with Gasteiger partial charge in [-0.15, -0.1) is 0 Å². The first-order valence-electron chi connectivity index (χ1n) is 5.79. The zero-order chi connectivity index (χ0) is 12.3. The standard InChI is InChI=1S/C12H16N2O3/c1-17-9-7-13-10(14-8-9)12(11(15)16)5-3-2-4-6-12/h7-8H,2-6H2,1H3,(H,15,16). The van der Waals surface area contributed by atoms with E-state index >= 15 is 0 Å². The highest BCUT2D eigenvalue weighted by atomic mass is 16.5. The van der Waals surface area contributed by atoms with E-state index in [1.54, 1.807) is 0 Å². The number of methoxy groups -OCH3 is 1. The van der Waals surface area contributed by atoms with Crippen LogP contribution < -0.4 is 4.74 Å². The number of carboxylic acid groups (broad SMARTS) is 1. The second-order valence-corrected chi connectivity index (χ2v) is 4.39. The van der Waals surface area contributed by atoms with Gasteiger partial charge >= 0.3 is 5.97 Å². The summed E-state index contributed by atoms with van der Waals surface area (Å²) < 4.78 is 4.98. The van der Waals surface area contributed by atoms with Crippen LogP contribution in [0.4, 0.5) is 0 Å². The molecule has 0 radical (unpaired) electrons. The van der Waals surface area contributed by atoms with Gasteiger partial charge in [0, 0.05) is 0 Å². The number of ether oxygens (including phenoxy) is 1. The zero-order valence-electron chi connectivity index (χ0n) is 9.85. The maximum atomic E-state index is 11.5. The van der Waals surface area contributed by atoms with Gasteiger partial charge in [0.2, 0.25) is 0 Å². The van der Waals surface area contributed by atoms with Crippen LogP contribution in [0.2, 0.25) is 0 Å². The summed E-state index contributed by atoms with van der Waals surface area (Å²) in [6.07, 6.45) is 7.22. The molecule has 1 fully saturated rings. The van der Waals surface area contributed by atoms with Gasteiger partial charge in [-0.2, -0.15) is 0 Å². The first-order valence-corrected chi connectivity index (χ1v) is 5.79. The Bertz CT molecular complexity index is 397. The molecule has 0 saturated heterocycles. The number of hydrogen-bond acceptors (Lipinski definition) is 4. The lowest BCUT2D eigenvalue weighted by atomic mass is 9.73. The van der Waals surface area contributed by atoms with E-state index in [0.717, 1.165) is 19.3 Å². The number of hydrogen-bond donors (Lipinski definition) is 1. The van der Waals surface area contributed by atoms with E-state index in [-0.39, 0.29) is 0 Å². The number of carboxylic acids is 1. The minimum absolute atomic E-state index is 0.408. The lowest BCUT2D eigenvalue weighted by molar-refractivity contribution is -0.145. The predicted octanol–water partition coefficient (Wildman–Crippen LogP) is 1.77. The summed E-state index contributed by atoms with van der Waals surface area (Å²) in [4.78, 5) is 19.8. The van der Waals surface area contributed by atoms with E-state index in [4.69, 9.17) is 4.74 Å². The van der Waals surface area contributed by atoms with Crippen LogP contribution in [0.25, 0.3) is 0 Å². The van der Waals surface area contributed by atoms with Crippen molar-refractivity contribution >= 4 is 5.97 Å². The third-order valence-corrected chi connectivity index (χ3v) is 3.41. The molecule has 0 bridgehead atoms. The normalized spacial score (nSPS) is 18.6. The van der Waals surface area contributed by atoms with Gasteiger partial charge < -0.3 is 9.84 Å². The lowest BCUT2D eigenvalue weighted by Crippen LogP contribution is -2.39. The van der Waals surface area contributed by atoms with Crippen LogP contribution in [0, 0.1) is 0 Å². The van der Waals surface area contributed by atoms with E-state index in [9.17, 15) is 9.90 Å². The molecule has 0 amide bonds. The van der Waals surface area contributed by atoms with Gasteiger partial charge in [0.1, 0.15) is 11.2 Å². The van der Waals surface area contributed by atoms with Crippen LogP contribution in [0.15, 0.2) is 12.4 Å². The van der Waals surface area contributed by atoms with E-state index in [1.807, 2.05) is 0 Å². The summed E-state index contributed by atoms with van der Waals surface area (Å²) in [7, 11) is 1.53. The Labute approximate surface area is 99.9 Å². The van der Waals surface area contributed by atoms with Crippen molar-refractivity contribution in [3.05, 3.63) is 18.2 Å². The smallest absolute Gasteiger partial charge is 0.317 e. The number of nitrogens with zero attached hydrogens (tertiary/aromatic N) is 2. The molecule has 0 atom stereocenters. The van der Waals surface area contributed by atoms with Crippen LogP contribution in [0.5, 0.6) is 5.75 Å². The molecular weight excluding hydrogens is 220 g/mol. The Morgan fingerprint density at radius 1 is 1.29 bits per heavy atom. The first-order chi connectivity index (χ1) is 8.19. The fraction of sp³-hybridized carbons (Fsp3) is 0.583. The van der Waals surface area contributed by atoms with Gasteiger partial charge in [-0.3, -0.25) is 4.79 Å². The van der Waals surface area contributed by atoms with Crippen LogP contribution in [-0.2, 0) is 10.2 Å². The molecule has 0 aromatic carbocycles. The molecule has 5 heteroatoms. The van der Waals surface area contributed by atoms with Gasteiger partial charge in [-0.25, -0.2) is 9.97 Å². The summed E-state index contributed by atoms with van der Waals surface area (Å²) in [5.74, 6) is 0.137. The molecule has 17 heavy (non-hydrogen) atoms. The van der Waals surface area contributed by atoms with Crippen molar-refractivity contribution in [1.82, 2.24) is 9.97 Å². The molecule has 1 aliphatic rings. The predicted molar refractivity (Wildman–Crippen MR) is 61.0 cm³/mol. The molecule has 5 nitrogen and oxygen atoms in total. The molecule has 1 aromatic rings. The van der Waals surface area contributed by atoms with E-state index in [0.29, 0.717) is 24.4 Å². The van der Waals surface area contributed by atoms with Crippen LogP contribution in [0.1, 0.15) is 37.9 Å². The molecule has 2 rings (SSSR count). The lowest BCUT2D eigenvalue weighted by Gasteiger charge is -2.31. The fourth-order valence-electron chi connectivity index (χ4n) is 2.36. The third-order valence-electron chi connectivity index (χ3n) is 3.41. The van der Waals surface area contributed by atoms with Crippen molar-refractivity contribution in [3.8, 4) is 5.75 Å². The molecular formula is C12H16N2O3. The SMILES string of the molecule is COc1cnc(C2(C(=O)O)CCCCC2)nc1. The highest BCUT2D eigenvalue weighted by molar-refractivity contribution is 5.80. The van der Waals surface area contributed by atoms with Gasteiger partial charge in [-0.05, 0) is 12.8 Å². The maximum absolute atomic E-state index is 11.5. The monoisotopic (exact) mass is 236 g/mol. The summed E-state index contributed by atoms with van der Waals surface area (Å²) >= 11 is 0. The average molecular weight is 236 g/mol. The number of carbonyl (C=O) groups is 1. The fourth-order valence-corrected chi connectivity index (χ4v) is 2.36. The van der Waals surface area contributed by atoms with Crippen molar-refractivity contribution in [3.63, 3.8) is 0 Å². The van der Waals surface area contributed by atoms with Crippen molar-refractivity contribution < 1.29 is 14.6 Å². The average Bonchev–Trinajstić information content (AvgIpc) is 2.39. The molecule has 0 aliphatic heterocycles. The quantitative estimate of drug-likeness (QED) is 0.865. The topological polar surface area (TPSA) is 72.3 Å². The Balaban J connectivity index is 2.34. The van der Waals surface area contributed by atoms with E-state index in [2.05, 4.69) is 9.97 Å². The minimum atomic E-state index is -0.898. The van der Waals surface area contributed by atoms with Gasteiger partial charge in [0.25, 0.3) is 0 Å². The van der Waals surface area contributed by atoms with Crippen molar-refractivity contribution in [2.24, 2.45) is 0 Å². The van der Waals surface area contributed by atoms with Crippen LogP contribution >= 0.6 is 0 Å². The summed E-state index contributed by atoms with van der Waals surface area (Å²) in [5, 5.41) is 9.46. The number of aromatic nitrogens is 2. The van der Waals surface area contributed by atoms with Crippen molar-refractivity contribution in [1.29, 1.82) is 0 Å². The van der Waals surface area contributed by atoms with Crippen molar-refractivity contribution in [2.75, 3.05) is 7.11 Å². The minimum Gasteiger partial charge on any atom is -0.494 e. The molecule has 1 saturated carbocycles. The molecule has 1 aliphatic carbocycles. The summed E-state index contributed by atoms with van der Waals surface area (Å²) in [6, 6.07) is 0. The number of rotatable bonds is 3. The highest BCUT2D eigenvalue weighted by Crippen LogP contribution is 2.38. The van der Waals surface area contributed by atoms with Crippen LogP contribution in [-0.4, -0.2) is 28.2 Å². The molecule has 0 spiro atoms. The van der Waals surface area contributed by atoms with Gasteiger partial charge in [-0.1, -0.05) is 19.3 Å². The second-order valence-electron chi connectivity index (χ2n) is 4.39. The molecule has 1 N–H and O–H groups in total. The second kappa shape index (κ2) is 4.69. The molecule has 1 heterocycles. The molecule has 92 valence electrons. The Hall–Kier alpha value is -1.65. The molecule has 0 unspecified atom stereocenters. The Morgan fingerprint density at radius 3 is 2.35 bits per heavy atom. The largest absolute Gasteiger partial charge is 0.494 e. The summed E-state index contributed by atoms with van der Waals surface area (Å²) in [5.41, 5.74) is -0.898. The van der Waals surface area contributed by atoms with E-state index in [1.165, 1.54) is 19.5 Å². The number of aliphatic carboxylic acids is 1. The summed E-state index contributed by atoms with van der Waals surface area (Å²) in [6.45, 7) is 0. The van der Waals surface area contributed by atoms with E-state index < -0.39 is 11.4 Å². The Kier molecular flexibility index (Phi) is 3.26. The van der Waals surface area contributed by atoms with Gasteiger partial charge in [0.05, 0.1) is 19.5 Å². The maximum Gasteiger partial charge on any atom is 0.317 e. The first kappa shape index (κ1) is 11.8. The highest BCUT2D eigenvalue weighted by Gasteiger charge is 2.43. The third kappa shape index (κ3) is 2.09. The van der Waals surface area contributed by atoms with Gasteiger partial charge in [0.15, 0.2) is 5.75 Å². The molecule has 1 aromatic heterocycles. The Morgan fingerprint density at radius 2 is 1.88 bits per heavy atom. The zero-order valence-corrected chi connectivity index (χ0v) is 9.85. The van der Waals surface area contributed by atoms with Crippen molar-refractivity contribution in [2.45, 2.75) is 37.5 Å². The van der Waals surface area contributed by atoms with Crippen LogP contribution in [0.3, 0.4) is 0 Å².